The van der Waals surface area contributed by atoms with Gasteiger partial charge in [0.1, 0.15) is 5.82 Å². The van der Waals surface area contributed by atoms with Gasteiger partial charge >= 0.3 is 6.03 Å². The van der Waals surface area contributed by atoms with Gasteiger partial charge in [-0.15, -0.1) is 10.2 Å². The molecule has 10 heteroatoms. The van der Waals surface area contributed by atoms with Gasteiger partial charge in [0.15, 0.2) is 6.10 Å². The van der Waals surface area contributed by atoms with Crippen molar-refractivity contribution in [2.24, 2.45) is 0 Å². The minimum absolute atomic E-state index is 0.0477. The molecule has 2 heterocycles. The van der Waals surface area contributed by atoms with E-state index in [4.69, 9.17) is 32.4 Å². The molecule has 1 aromatic carbocycles. The van der Waals surface area contributed by atoms with Crippen LogP contribution in [0.25, 0.3) is 0 Å². The molecule has 0 radical (unpaired) electrons. The predicted octanol–water partition coefficient (Wildman–Crippen LogP) is 3.68. The summed E-state index contributed by atoms with van der Waals surface area (Å²) in [6, 6.07) is 1.83. The molecule has 1 aromatic heterocycles. The Morgan fingerprint density at radius 1 is 1.40 bits per heavy atom. The second kappa shape index (κ2) is 7.55. The van der Waals surface area contributed by atoms with Gasteiger partial charge in [-0.1, -0.05) is 30.1 Å². The average molecular weight is 389 g/mol. The van der Waals surface area contributed by atoms with Crippen LogP contribution in [0.1, 0.15) is 24.8 Å². The molecule has 0 aliphatic carbocycles. The lowest BCUT2D eigenvalue weighted by molar-refractivity contribution is -0.0275. The molecule has 1 aliphatic rings. The van der Waals surface area contributed by atoms with Crippen LogP contribution in [-0.4, -0.2) is 40.8 Å². The van der Waals surface area contributed by atoms with Crippen LogP contribution in [0, 0.1) is 5.82 Å². The topological polar surface area (TPSA) is 80.5 Å². The molecule has 0 saturated carbocycles. The second-order valence-electron chi connectivity index (χ2n) is 5.37. The van der Waals surface area contributed by atoms with Crippen LogP contribution >= 0.6 is 23.2 Å². The highest BCUT2D eigenvalue weighted by molar-refractivity contribution is 6.42. The van der Waals surface area contributed by atoms with Crippen molar-refractivity contribution >= 4 is 34.9 Å². The molecule has 1 N–H and O–H groups in total. The fraction of sp³-hybridized carbons (Fsp3) is 0.400. The number of nitrogens with zero attached hydrogens (tertiary/aromatic N) is 3. The average Bonchev–Trinajstić information content (AvgIpc) is 3.09. The summed E-state index contributed by atoms with van der Waals surface area (Å²) in [4.78, 5) is 13.9. The second-order valence-corrected chi connectivity index (χ2v) is 6.18. The van der Waals surface area contributed by atoms with Crippen molar-refractivity contribution in [2.45, 2.75) is 19.4 Å². The first-order valence-corrected chi connectivity index (χ1v) is 8.38. The fourth-order valence-electron chi connectivity index (χ4n) is 2.34. The van der Waals surface area contributed by atoms with Crippen LogP contribution in [-0.2, 0) is 11.2 Å². The van der Waals surface area contributed by atoms with Gasteiger partial charge in [0, 0.05) is 13.0 Å². The molecule has 1 unspecified atom stereocenters. The number of amides is 2. The fourth-order valence-corrected chi connectivity index (χ4v) is 2.65. The molecular formula is C15H15Cl2FN4O3. The molecule has 0 spiro atoms. The van der Waals surface area contributed by atoms with Gasteiger partial charge in [0.05, 0.1) is 28.9 Å². The van der Waals surface area contributed by atoms with E-state index in [1.807, 2.05) is 6.92 Å². The summed E-state index contributed by atoms with van der Waals surface area (Å²) in [5, 5.41) is 10.5. The van der Waals surface area contributed by atoms with Gasteiger partial charge in [0.25, 0.3) is 0 Å². The van der Waals surface area contributed by atoms with E-state index in [-0.39, 0.29) is 22.3 Å². The highest BCUT2D eigenvalue weighted by Crippen LogP contribution is 2.28. The maximum absolute atomic E-state index is 13.9. The Bertz CT molecular complexity index is 786. The van der Waals surface area contributed by atoms with Gasteiger partial charge in [0.2, 0.25) is 11.8 Å². The molecule has 7 nitrogen and oxygen atoms in total. The summed E-state index contributed by atoms with van der Waals surface area (Å²) >= 11 is 11.6. The van der Waals surface area contributed by atoms with E-state index >= 15 is 0 Å². The minimum atomic E-state index is -0.669. The maximum Gasteiger partial charge on any atom is 0.322 e. The summed E-state index contributed by atoms with van der Waals surface area (Å²) in [5.41, 5.74) is -0.0477. The lowest BCUT2D eigenvalue weighted by Crippen LogP contribution is -2.44. The number of anilines is 1. The Kier molecular flexibility index (Phi) is 5.41. The molecule has 2 amide bonds. The van der Waals surface area contributed by atoms with E-state index in [1.54, 1.807) is 0 Å². The van der Waals surface area contributed by atoms with Gasteiger partial charge in [-0.3, -0.25) is 0 Å². The number of rotatable bonds is 3. The number of halogens is 3. The van der Waals surface area contributed by atoms with Crippen molar-refractivity contribution in [3.05, 3.63) is 39.8 Å². The molecule has 0 bridgehead atoms. The molecule has 3 rings (SSSR count). The number of hydrogen-bond acceptors (Lipinski definition) is 5. The minimum Gasteiger partial charge on any atom is -0.422 e. The summed E-state index contributed by atoms with van der Waals surface area (Å²) in [6.07, 6.45) is 0.0894. The van der Waals surface area contributed by atoms with Crippen molar-refractivity contribution < 1.29 is 18.3 Å². The third-order valence-corrected chi connectivity index (χ3v) is 4.39. The number of hydrogen-bond donors (Lipinski definition) is 1. The van der Waals surface area contributed by atoms with Gasteiger partial charge in [-0.05, 0) is 12.1 Å². The van der Waals surface area contributed by atoms with E-state index < -0.39 is 18.0 Å². The Balaban J connectivity index is 1.69. The lowest BCUT2D eigenvalue weighted by atomic mass is 10.2. The predicted molar refractivity (Wildman–Crippen MR) is 89.4 cm³/mol. The molecule has 25 heavy (non-hydrogen) atoms. The number of nitrogens with one attached hydrogen (secondary N) is 1. The Morgan fingerprint density at radius 3 is 2.88 bits per heavy atom. The number of carbonyl (C=O) groups excluding carboxylic acids is 1. The third kappa shape index (κ3) is 4.02. The number of aromatic nitrogens is 2. The first-order chi connectivity index (χ1) is 12.0. The van der Waals surface area contributed by atoms with Crippen LogP contribution in [0.3, 0.4) is 0 Å². The van der Waals surface area contributed by atoms with Crippen LogP contribution in [0.2, 0.25) is 10.0 Å². The van der Waals surface area contributed by atoms with Gasteiger partial charge < -0.3 is 19.4 Å². The summed E-state index contributed by atoms with van der Waals surface area (Å²) in [5.74, 6) is 0.144. The number of aryl methyl sites for hydroxylation is 1. The Morgan fingerprint density at radius 2 is 2.16 bits per heavy atom. The van der Waals surface area contributed by atoms with E-state index in [9.17, 15) is 9.18 Å². The summed E-state index contributed by atoms with van der Waals surface area (Å²) in [6.45, 7) is 2.75. The van der Waals surface area contributed by atoms with Crippen LogP contribution in [0.15, 0.2) is 16.5 Å². The normalized spacial score (nSPS) is 17.6. The number of benzene rings is 1. The van der Waals surface area contributed by atoms with Crippen LogP contribution in [0.4, 0.5) is 14.9 Å². The van der Waals surface area contributed by atoms with Crippen molar-refractivity contribution in [1.82, 2.24) is 15.1 Å². The summed E-state index contributed by atoms with van der Waals surface area (Å²) < 4.78 is 25.0. The molecule has 1 aliphatic heterocycles. The van der Waals surface area contributed by atoms with Crippen LogP contribution in [0.5, 0.6) is 0 Å². The quantitative estimate of drug-likeness (QED) is 0.810. The van der Waals surface area contributed by atoms with E-state index in [1.165, 1.54) is 11.0 Å². The number of urea groups is 1. The van der Waals surface area contributed by atoms with E-state index in [0.717, 1.165) is 6.07 Å². The van der Waals surface area contributed by atoms with Crippen molar-refractivity contribution in [1.29, 1.82) is 0 Å². The zero-order valence-electron chi connectivity index (χ0n) is 13.3. The van der Waals surface area contributed by atoms with Gasteiger partial charge in [-0.25, -0.2) is 9.18 Å². The van der Waals surface area contributed by atoms with Crippen molar-refractivity contribution in [3.8, 4) is 0 Å². The highest BCUT2D eigenvalue weighted by atomic mass is 35.5. The van der Waals surface area contributed by atoms with Crippen LogP contribution < -0.4 is 5.32 Å². The van der Waals surface area contributed by atoms with Crippen molar-refractivity contribution in [3.63, 3.8) is 0 Å². The van der Waals surface area contributed by atoms with E-state index in [2.05, 4.69) is 15.5 Å². The molecular weight excluding hydrogens is 374 g/mol. The first-order valence-electron chi connectivity index (χ1n) is 7.62. The zero-order valence-corrected chi connectivity index (χ0v) is 14.8. The summed E-state index contributed by atoms with van der Waals surface area (Å²) in [7, 11) is 0. The Hall–Kier alpha value is -1.90. The number of morpholine rings is 1. The smallest absolute Gasteiger partial charge is 0.322 e. The third-order valence-electron chi connectivity index (χ3n) is 3.67. The highest BCUT2D eigenvalue weighted by Gasteiger charge is 2.29. The lowest BCUT2D eigenvalue weighted by Gasteiger charge is -2.31. The zero-order chi connectivity index (χ0) is 18.0. The largest absolute Gasteiger partial charge is 0.422 e. The monoisotopic (exact) mass is 388 g/mol. The molecule has 1 saturated heterocycles. The standard InChI is InChI=1S/C15H15Cl2FN4O3/c1-2-13-20-21-14(25-13)12-7-22(3-4-24-12)15(23)19-11-6-9(17)8(16)5-10(11)18/h5-6,12H,2-4,7H2,1H3,(H,19,23). The van der Waals surface area contributed by atoms with E-state index in [0.29, 0.717) is 31.4 Å². The maximum atomic E-state index is 13.9. The Labute approximate surface area is 153 Å². The first kappa shape index (κ1) is 17.9. The number of ether oxygens (including phenoxy) is 1. The number of carbonyl (C=O) groups is 1. The van der Waals surface area contributed by atoms with Gasteiger partial charge in [-0.2, -0.15) is 0 Å². The SMILES string of the molecule is CCc1nnc(C2CN(C(=O)Nc3cc(Cl)c(Cl)cc3F)CCO2)o1. The van der Waals surface area contributed by atoms with Crippen molar-refractivity contribution in [2.75, 3.05) is 25.0 Å². The molecule has 2 aromatic rings. The molecule has 134 valence electrons. The molecule has 1 atom stereocenters. The molecule has 1 fully saturated rings.